The molecule has 3 fully saturated rings. The first kappa shape index (κ1) is 13.7. The first-order valence-electron chi connectivity index (χ1n) is 7.83. The van der Waals surface area contributed by atoms with E-state index in [1.54, 1.807) is 4.90 Å². The van der Waals surface area contributed by atoms with Crippen LogP contribution in [0.25, 0.3) is 0 Å². The number of carboxylic acids is 1. The maximum Gasteiger partial charge on any atom is 0.326 e. The smallest absolute Gasteiger partial charge is 0.326 e. The molecule has 0 bridgehead atoms. The van der Waals surface area contributed by atoms with E-state index in [0.717, 1.165) is 25.7 Å². The highest BCUT2D eigenvalue weighted by molar-refractivity contribution is 5.83. The van der Waals surface area contributed by atoms with E-state index in [4.69, 9.17) is 0 Å². The lowest BCUT2D eigenvalue weighted by molar-refractivity contribution is -0.142. The molecule has 5 nitrogen and oxygen atoms in total. The van der Waals surface area contributed by atoms with Gasteiger partial charge < -0.3 is 15.3 Å². The fourth-order valence-corrected chi connectivity index (χ4v) is 4.03. The molecule has 1 heterocycles. The number of rotatable bonds is 4. The average molecular weight is 280 g/mol. The van der Waals surface area contributed by atoms with E-state index in [-0.39, 0.29) is 11.9 Å². The standard InChI is InChI=1S/C15H24N2O3/c1-2-15(6-7-15)9-16-14(20)17-8-10-4-3-5-11(10)12(17)13(18)19/h10-12H,2-9H2,1H3,(H,16,20)(H,18,19). The molecule has 3 aliphatic rings. The van der Waals surface area contributed by atoms with Crippen LogP contribution >= 0.6 is 0 Å². The number of hydrogen-bond donors (Lipinski definition) is 2. The van der Waals surface area contributed by atoms with Crippen molar-refractivity contribution in [1.82, 2.24) is 10.2 Å². The summed E-state index contributed by atoms with van der Waals surface area (Å²) in [6.45, 7) is 3.46. The lowest BCUT2D eigenvalue weighted by Gasteiger charge is -2.25. The predicted octanol–water partition coefficient (Wildman–Crippen LogP) is 2.07. The number of urea groups is 1. The molecule has 2 N–H and O–H groups in total. The minimum Gasteiger partial charge on any atom is -0.480 e. The lowest BCUT2D eigenvalue weighted by atomic mass is 9.94. The van der Waals surface area contributed by atoms with E-state index in [9.17, 15) is 14.7 Å². The number of carbonyl (C=O) groups is 2. The molecule has 5 heteroatoms. The summed E-state index contributed by atoms with van der Waals surface area (Å²) in [5, 5.41) is 12.4. The van der Waals surface area contributed by atoms with Crippen LogP contribution in [0, 0.1) is 17.3 Å². The number of aliphatic carboxylic acids is 1. The van der Waals surface area contributed by atoms with Gasteiger partial charge in [0.05, 0.1) is 0 Å². The van der Waals surface area contributed by atoms with Crippen LogP contribution in [0.3, 0.4) is 0 Å². The van der Waals surface area contributed by atoms with E-state index in [1.165, 1.54) is 12.8 Å². The Labute approximate surface area is 119 Å². The molecule has 3 unspecified atom stereocenters. The largest absolute Gasteiger partial charge is 0.480 e. The molecule has 3 rings (SSSR count). The Kier molecular flexibility index (Phi) is 3.38. The molecule has 2 saturated carbocycles. The Hall–Kier alpha value is -1.26. The normalized spacial score (nSPS) is 33.9. The highest BCUT2D eigenvalue weighted by Crippen LogP contribution is 2.48. The van der Waals surface area contributed by atoms with Crippen molar-refractivity contribution in [3.8, 4) is 0 Å². The van der Waals surface area contributed by atoms with Gasteiger partial charge in [0, 0.05) is 13.1 Å². The number of carbonyl (C=O) groups excluding carboxylic acids is 1. The summed E-state index contributed by atoms with van der Waals surface area (Å²) in [6.07, 6.45) is 6.56. The molecular weight excluding hydrogens is 256 g/mol. The van der Waals surface area contributed by atoms with Crippen molar-refractivity contribution in [2.24, 2.45) is 17.3 Å². The zero-order valence-corrected chi connectivity index (χ0v) is 12.1. The Morgan fingerprint density at radius 2 is 2.10 bits per heavy atom. The van der Waals surface area contributed by atoms with Crippen molar-refractivity contribution in [3.05, 3.63) is 0 Å². The zero-order chi connectivity index (χ0) is 14.3. The maximum atomic E-state index is 12.3. The van der Waals surface area contributed by atoms with Crippen LogP contribution in [0.5, 0.6) is 0 Å². The van der Waals surface area contributed by atoms with Gasteiger partial charge >= 0.3 is 12.0 Å². The SMILES string of the molecule is CCC1(CNC(=O)N2CC3CCCC3C2C(=O)O)CC1. The zero-order valence-electron chi connectivity index (χ0n) is 12.1. The van der Waals surface area contributed by atoms with Gasteiger partial charge in [-0.2, -0.15) is 0 Å². The fourth-order valence-electron chi connectivity index (χ4n) is 4.03. The topological polar surface area (TPSA) is 69.6 Å². The van der Waals surface area contributed by atoms with E-state index in [0.29, 0.717) is 24.4 Å². The minimum atomic E-state index is -0.842. The second-order valence-electron chi connectivity index (χ2n) is 6.80. The summed E-state index contributed by atoms with van der Waals surface area (Å²) in [5.74, 6) is -0.284. The van der Waals surface area contributed by atoms with Crippen molar-refractivity contribution in [3.63, 3.8) is 0 Å². The van der Waals surface area contributed by atoms with Gasteiger partial charge in [0.2, 0.25) is 0 Å². The van der Waals surface area contributed by atoms with Gasteiger partial charge in [0.25, 0.3) is 0 Å². The highest BCUT2D eigenvalue weighted by Gasteiger charge is 2.50. The van der Waals surface area contributed by atoms with Crippen molar-refractivity contribution in [1.29, 1.82) is 0 Å². The number of fused-ring (bicyclic) bond motifs is 1. The number of nitrogens with one attached hydrogen (secondary N) is 1. The monoisotopic (exact) mass is 280 g/mol. The van der Waals surface area contributed by atoms with E-state index < -0.39 is 12.0 Å². The molecule has 0 aromatic heterocycles. The van der Waals surface area contributed by atoms with Crippen LogP contribution in [-0.2, 0) is 4.79 Å². The molecule has 0 aromatic carbocycles. The quantitative estimate of drug-likeness (QED) is 0.828. The van der Waals surface area contributed by atoms with Crippen molar-refractivity contribution >= 4 is 12.0 Å². The molecular formula is C15H24N2O3. The third kappa shape index (κ3) is 2.27. The van der Waals surface area contributed by atoms with Crippen molar-refractivity contribution in [2.75, 3.05) is 13.1 Å². The third-order valence-electron chi connectivity index (χ3n) is 5.73. The van der Waals surface area contributed by atoms with Crippen LogP contribution in [0.15, 0.2) is 0 Å². The number of hydrogen-bond acceptors (Lipinski definition) is 2. The van der Waals surface area contributed by atoms with Crippen LogP contribution in [-0.4, -0.2) is 41.1 Å². The van der Waals surface area contributed by atoms with Gasteiger partial charge in [-0.3, -0.25) is 0 Å². The molecule has 112 valence electrons. The van der Waals surface area contributed by atoms with Crippen LogP contribution in [0.4, 0.5) is 4.79 Å². The molecule has 0 spiro atoms. The molecule has 1 saturated heterocycles. The number of carboxylic acid groups (broad SMARTS) is 1. The maximum absolute atomic E-state index is 12.3. The van der Waals surface area contributed by atoms with E-state index in [2.05, 4.69) is 12.2 Å². The first-order chi connectivity index (χ1) is 9.56. The summed E-state index contributed by atoms with van der Waals surface area (Å²) < 4.78 is 0. The summed E-state index contributed by atoms with van der Waals surface area (Å²) in [7, 11) is 0. The Morgan fingerprint density at radius 3 is 2.70 bits per heavy atom. The van der Waals surface area contributed by atoms with E-state index >= 15 is 0 Å². The van der Waals surface area contributed by atoms with Crippen LogP contribution < -0.4 is 5.32 Å². The Morgan fingerprint density at radius 1 is 1.35 bits per heavy atom. The number of amides is 2. The predicted molar refractivity (Wildman–Crippen MR) is 74.3 cm³/mol. The third-order valence-corrected chi connectivity index (χ3v) is 5.73. The van der Waals surface area contributed by atoms with E-state index in [1.807, 2.05) is 0 Å². The highest BCUT2D eigenvalue weighted by atomic mass is 16.4. The van der Waals surface area contributed by atoms with Crippen molar-refractivity contribution < 1.29 is 14.7 Å². The molecule has 0 aromatic rings. The van der Waals surface area contributed by atoms with Crippen LogP contribution in [0.1, 0.15) is 45.4 Å². The second-order valence-corrected chi connectivity index (χ2v) is 6.80. The van der Waals surface area contributed by atoms with Crippen LogP contribution in [0.2, 0.25) is 0 Å². The molecule has 20 heavy (non-hydrogen) atoms. The molecule has 3 atom stereocenters. The summed E-state index contributed by atoms with van der Waals surface area (Å²) in [6, 6.07) is -0.786. The first-order valence-corrected chi connectivity index (χ1v) is 7.83. The van der Waals surface area contributed by atoms with Crippen molar-refractivity contribution in [2.45, 2.75) is 51.5 Å². The number of nitrogens with zero attached hydrogens (tertiary/aromatic N) is 1. The molecule has 0 radical (unpaired) electrons. The number of likely N-dealkylation sites (tertiary alicyclic amines) is 1. The summed E-state index contributed by atoms with van der Waals surface area (Å²) in [5.41, 5.74) is 0.296. The fraction of sp³-hybridized carbons (Fsp3) is 0.867. The van der Waals surface area contributed by atoms with Gasteiger partial charge in [-0.25, -0.2) is 9.59 Å². The average Bonchev–Trinajstić information content (AvgIpc) is 2.89. The second kappa shape index (κ2) is 4.93. The summed E-state index contributed by atoms with van der Waals surface area (Å²) in [4.78, 5) is 25.4. The Balaban J connectivity index is 1.63. The molecule has 2 amide bonds. The van der Waals surface area contributed by atoms with Gasteiger partial charge in [-0.1, -0.05) is 13.3 Å². The van der Waals surface area contributed by atoms with Gasteiger partial charge in [-0.15, -0.1) is 0 Å². The Bertz CT molecular complexity index is 419. The van der Waals surface area contributed by atoms with Gasteiger partial charge in [0.1, 0.15) is 6.04 Å². The van der Waals surface area contributed by atoms with Gasteiger partial charge in [0.15, 0.2) is 0 Å². The molecule has 1 aliphatic heterocycles. The van der Waals surface area contributed by atoms with Gasteiger partial charge in [-0.05, 0) is 49.4 Å². The molecule has 2 aliphatic carbocycles. The minimum absolute atomic E-state index is 0.166. The lowest BCUT2D eigenvalue weighted by Crippen LogP contribution is -2.49. The summed E-state index contributed by atoms with van der Waals surface area (Å²) >= 11 is 0.